The van der Waals surface area contributed by atoms with Crippen LogP contribution in [0.5, 0.6) is 0 Å². The van der Waals surface area contributed by atoms with E-state index in [1.54, 1.807) is 24.3 Å². The Morgan fingerprint density at radius 2 is 1.23 bits per heavy atom. The molecule has 1 atom stereocenters. The fraction of sp³-hybridized carbons (Fsp3) is 0.0690. The molecule has 0 amide bonds. The van der Waals surface area contributed by atoms with Crippen LogP contribution in [0.4, 0.5) is 0 Å². The van der Waals surface area contributed by atoms with Gasteiger partial charge in [0.15, 0.2) is 7.14 Å². The second-order valence-electron chi connectivity index (χ2n) is 8.41. The summed E-state index contributed by atoms with van der Waals surface area (Å²) in [5.41, 5.74) is 1.74. The maximum absolute atomic E-state index is 15.4. The molecule has 0 spiro atoms. The molecule has 4 aromatic carbocycles. The van der Waals surface area contributed by atoms with Gasteiger partial charge in [0.05, 0.1) is 16.9 Å². The molecular formula is C29H24ClN2O2P. The summed E-state index contributed by atoms with van der Waals surface area (Å²) in [6.45, 7) is 1.86. The molecule has 5 rings (SSSR count). The van der Waals surface area contributed by atoms with Gasteiger partial charge in [-0.1, -0.05) is 103 Å². The molecule has 0 aliphatic heterocycles. The van der Waals surface area contributed by atoms with Gasteiger partial charge in [0.1, 0.15) is 0 Å². The lowest BCUT2D eigenvalue weighted by Gasteiger charge is -2.29. The van der Waals surface area contributed by atoms with Crippen LogP contribution in [0.15, 0.2) is 120 Å². The Kier molecular flexibility index (Phi) is 6.34. The number of aromatic nitrogens is 2. The molecule has 174 valence electrons. The Labute approximate surface area is 209 Å². The lowest BCUT2D eigenvalue weighted by Crippen LogP contribution is -2.26. The van der Waals surface area contributed by atoms with E-state index >= 15 is 4.57 Å². The highest BCUT2D eigenvalue weighted by Gasteiger charge is 2.42. The molecule has 1 unspecified atom stereocenters. The summed E-state index contributed by atoms with van der Waals surface area (Å²) in [5.74, 6) is 0. The average molecular weight is 499 g/mol. The lowest BCUT2D eigenvalue weighted by molar-refractivity contribution is 0.582. The highest BCUT2D eigenvalue weighted by atomic mass is 35.5. The SMILES string of the molecule is Cc1[nH]n(-c2ccc(Cl)cc2)c(=O)c1C(c1ccccc1)P(=O)(c1ccccc1)c1ccccc1. The number of aryl methyl sites for hydroxylation is 1. The van der Waals surface area contributed by atoms with E-state index in [1.807, 2.05) is 97.9 Å². The summed E-state index contributed by atoms with van der Waals surface area (Å²) in [6.07, 6.45) is 0. The summed E-state index contributed by atoms with van der Waals surface area (Å²) >= 11 is 6.07. The molecule has 0 aliphatic carbocycles. The number of halogens is 1. The molecule has 0 saturated carbocycles. The van der Waals surface area contributed by atoms with Gasteiger partial charge in [-0.25, -0.2) is 4.68 Å². The Bertz CT molecular complexity index is 1500. The van der Waals surface area contributed by atoms with Gasteiger partial charge in [0.25, 0.3) is 5.56 Å². The van der Waals surface area contributed by atoms with Gasteiger partial charge >= 0.3 is 0 Å². The van der Waals surface area contributed by atoms with Crippen molar-refractivity contribution in [2.45, 2.75) is 12.6 Å². The van der Waals surface area contributed by atoms with Crippen molar-refractivity contribution in [3.8, 4) is 5.69 Å². The predicted octanol–water partition coefficient (Wildman–Crippen LogP) is 6.23. The number of benzene rings is 4. The summed E-state index contributed by atoms with van der Waals surface area (Å²) in [7, 11) is -3.37. The summed E-state index contributed by atoms with van der Waals surface area (Å²) in [5, 5.41) is 5.22. The molecule has 1 heterocycles. The van der Waals surface area contributed by atoms with E-state index in [-0.39, 0.29) is 5.56 Å². The molecule has 0 bridgehead atoms. The Hall–Kier alpha value is -3.59. The zero-order valence-electron chi connectivity index (χ0n) is 19.1. The van der Waals surface area contributed by atoms with Crippen LogP contribution >= 0.6 is 18.7 Å². The summed E-state index contributed by atoms with van der Waals surface area (Å²) in [6, 6.07) is 35.7. The van der Waals surface area contributed by atoms with Crippen molar-refractivity contribution in [1.29, 1.82) is 0 Å². The van der Waals surface area contributed by atoms with Gasteiger partial charge in [0, 0.05) is 21.3 Å². The van der Waals surface area contributed by atoms with E-state index in [9.17, 15) is 4.79 Å². The zero-order chi connectivity index (χ0) is 24.4. The Morgan fingerprint density at radius 3 is 1.74 bits per heavy atom. The largest absolute Gasteiger partial charge is 0.313 e. The van der Waals surface area contributed by atoms with Crippen LogP contribution in [0, 0.1) is 6.92 Å². The van der Waals surface area contributed by atoms with Gasteiger partial charge < -0.3 is 4.57 Å². The molecule has 4 nitrogen and oxygen atoms in total. The van der Waals surface area contributed by atoms with Crippen molar-refractivity contribution in [2.75, 3.05) is 0 Å². The van der Waals surface area contributed by atoms with E-state index in [4.69, 9.17) is 11.6 Å². The fourth-order valence-electron chi connectivity index (χ4n) is 4.59. The molecule has 0 radical (unpaired) electrons. The second-order valence-corrected chi connectivity index (χ2v) is 11.7. The molecule has 0 saturated heterocycles. The highest BCUT2D eigenvalue weighted by Crippen LogP contribution is 2.60. The minimum Gasteiger partial charge on any atom is -0.313 e. The molecule has 0 fully saturated rings. The molecule has 1 N–H and O–H groups in total. The Balaban J connectivity index is 1.83. The number of H-pyrrole nitrogens is 1. The first kappa shape index (κ1) is 23.2. The third kappa shape index (κ3) is 4.20. The minimum absolute atomic E-state index is 0.231. The van der Waals surface area contributed by atoms with Crippen LogP contribution in [0.1, 0.15) is 22.5 Å². The van der Waals surface area contributed by atoms with Crippen LogP contribution in [-0.4, -0.2) is 9.78 Å². The van der Waals surface area contributed by atoms with Crippen LogP contribution < -0.4 is 16.2 Å². The van der Waals surface area contributed by atoms with Crippen LogP contribution in [-0.2, 0) is 4.57 Å². The third-order valence-electron chi connectivity index (χ3n) is 6.23. The van der Waals surface area contributed by atoms with Crippen molar-refractivity contribution in [3.63, 3.8) is 0 Å². The standard InChI is InChI=1S/C29H24ClN2O2P/c1-21-27(29(33)32(31-21)24-19-17-23(30)18-20-24)28(22-11-5-2-6-12-22)35(34,25-13-7-3-8-14-25)26-15-9-4-10-16-26/h2-20,28,31H,1H3. The predicted molar refractivity (Wildman–Crippen MR) is 144 cm³/mol. The third-order valence-corrected chi connectivity index (χ3v) is 9.90. The molecule has 6 heteroatoms. The minimum atomic E-state index is -3.37. The number of hydrogen-bond donors (Lipinski definition) is 1. The van der Waals surface area contributed by atoms with Crippen molar-refractivity contribution >= 4 is 29.4 Å². The van der Waals surface area contributed by atoms with Gasteiger partial charge in [-0.2, -0.15) is 0 Å². The number of nitrogens with one attached hydrogen (secondary N) is 1. The zero-order valence-corrected chi connectivity index (χ0v) is 20.8. The van der Waals surface area contributed by atoms with Crippen LogP contribution in [0.2, 0.25) is 5.02 Å². The summed E-state index contributed by atoms with van der Waals surface area (Å²) < 4.78 is 16.9. The normalized spacial score (nSPS) is 12.4. The van der Waals surface area contributed by atoms with Gasteiger partial charge in [0.2, 0.25) is 0 Å². The van der Waals surface area contributed by atoms with Crippen LogP contribution in [0.3, 0.4) is 0 Å². The smallest absolute Gasteiger partial charge is 0.275 e. The van der Waals surface area contributed by atoms with Gasteiger partial charge in [-0.3, -0.25) is 9.89 Å². The fourth-order valence-corrected chi connectivity index (χ4v) is 8.10. The number of rotatable bonds is 6. The lowest BCUT2D eigenvalue weighted by atomic mass is 10.1. The van der Waals surface area contributed by atoms with E-state index in [0.29, 0.717) is 32.6 Å². The number of aromatic amines is 1. The molecule has 0 aliphatic rings. The molecular weight excluding hydrogens is 475 g/mol. The monoisotopic (exact) mass is 498 g/mol. The van der Waals surface area contributed by atoms with Crippen LogP contribution in [0.25, 0.3) is 5.69 Å². The van der Waals surface area contributed by atoms with Gasteiger partial charge in [-0.15, -0.1) is 0 Å². The maximum atomic E-state index is 15.4. The van der Waals surface area contributed by atoms with Crippen molar-refractivity contribution < 1.29 is 4.57 Å². The van der Waals surface area contributed by atoms with E-state index in [0.717, 1.165) is 5.56 Å². The number of nitrogens with zero attached hydrogens (tertiary/aromatic N) is 1. The number of hydrogen-bond acceptors (Lipinski definition) is 2. The van der Waals surface area contributed by atoms with Gasteiger partial charge in [-0.05, 0) is 36.8 Å². The highest BCUT2D eigenvalue weighted by molar-refractivity contribution is 7.79. The van der Waals surface area contributed by atoms with Crippen molar-refractivity contribution in [3.05, 3.63) is 147 Å². The Morgan fingerprint density at radius 1 is 0.743 bits per heavy atom. The molecule has 5 aromatic rings. The maximum Gasteiger partial charge on any atom is 0.275 e. The van der Waals surface area contributed by atoms with E-state index < -0.39 is 12.8 Å². The quantitative estimate of drug-likeness (QED) is 0.282. The average Bonchev–Trinajstić information content (AvgIpc) is 3.20. The van der Waals surface area contributed by atoms with E-state index in [2.05, 4.69) is 5.10 Å². The summed E-state index contributed by atoms with van der Waals surface area (Å²) in [4.78, 5) is 14.0. The first-order chi connectivity index (χ1) is 17.0. The first-order valence-corrected chi connectivity index (χ1v) is 13.5. The topological polar surface area (TPSA) is 54.9 Å². The first-order valence-electron chi connectivity index (χ1n) is 11.3. The molecule has 1 aromatic heterocycles. The molecule has 35 heavy (non-hydrogen) atoms. The van der Waals surface area contributed by atoms with E-state index in [1.165, 1.54) is 4.68 Å². The van der Waals surface area contributed by atoms with Crippen molar-refractivity contribution in [2.24, 2.45) is 0 Å². The van der Waals surface area contributed by atoms with Crippen molar-refractivity contribution in [1.82, 2.24) is 9.78 Å². The second kappa shape index (κ2) is 9.58.